The molecular formula is C7H14O3. The van der Waals surface area contributed by atoms with Gasteiger partial charge in [-0.1, -0.05) is 6.08 Å². The third-order valence-corrected chi connectivity index (χ3v) is 1.59. The molecule has 0 heterocycles. The van der Waals surface area contributed by atoms with E-state index in [1.165, 1.54) is 6.08 Å². The topological polar surface area (TPSA) is 60.7 Å². The van der Waals surface area contributed by atoms with Gasteiger partial charge in [-0.25, -0.2) is 0 Å². The third kappa shape index (κ3) is 2.47. The molecule has 1 unspecified atom stereocenters. The first kappa shape index (κ1) is 9.62. The highest BCUT2D eigenvalue weighted by Gasteiger charge is 2.15. The number of aliphatic hydroxyl groups is 3. The smallest absolute Gasteiger partial charge is 0.0498 e. The van der Waals surface area contributed by atoms with Crippen molar-refractivity contribution in [2.75, 3.05) is 19.8 Å². The van der Waals surface area contributed by atoms with Gasteiger partial charge in [0.05, 0.1) is 0 Å². The average Bonchev–Trinajstić information content (AvgIpc) is 2.00. The summed E-state index contributed by atoms with van der Waals surface area (Å²) in [5.41, 5.74) is 0. The minimum atomic E-state index is -0.275. The molecule has 0 spiro atoms. The molecule has 3 N–H and O–H groups in total. The second-order valence-electron chi connectivity index (χ2n) is 2.21. The molecule has 3 heteroatoms. The number of hydrogen-bond acceptors (Lipinski definition) is 3. The van der Waals surface area contributed by atoms with Crippen molar-refractivity contribution in [1.82, 2.24) is 0 Å². The Morgan fingerprint density at radius 2 is 1.60 bits per heavy atom. The molecule has 0 aromatic rings. The zero-order chi connectivity index (χ0) is 7.98. The van der Waals surface area contributed by atoms with E-state index in [0.717, 1.165) is 0 Å². The van der Waals surface area contributed by atoms with Crippen molar-refractivity contribution in [1.29, 1.82) is 0 Å². The highest BCUT2D eigenvalue weighted by molar-refractivity contribution is 4.83. The van der Waals surface area contributed by atoms with Gasteiger partial charge >= 0.3 is 0 Å². The molecule has 0 rings (SSSR count). The quantitative estimate of drug-likeness (QED) is 0.453. The summed E-state index contributed by atoms with van der Waals surface area (Å²) in [4.78, 5) is 0. The Morgan fingerprint density at radius 3 is 1.70 bits per heavy atom. The number of hydrogen-bond donors (Lipinski definition) is 3. The fraction of sp³-hybridized carbons (Fsp3) is 0.714. The Bertz CT molecular complexity index is 88.9. The van der Waals surface area contributed by atoms with Crippen LogP contribution in [0.2, 0.25) is 0 Å². The summed E-state index contributed by atoms with van der Waals surface area (Å²) in [7, 11) is 0. The second kappa shape index (κ2) is 5.41. The predicted molar refractivity (Wildman–Crippen MR) is 38.4 cm³/mol. The van der Waals surface area contributed by atoms with E-state index in [9.17, 15) is 0 Å². The molecule has 0 aliphatic rings. The fourth-order valence-electron chi connectivity index (χ4n) is 0.745. The Kier molecular flexibility index (Phi) is 5.20. The van der Waals surface area contributed by atoms with Crippen LogP contribution < -0.4 is 0 Å². The van der Waals surface area contributed by atoms with E-state index in [-0.39, 0.29) is 31.7 Å². The maximum absolute atomic E-state index is 8.67. The minimum absolute atomic E-state index is 0.0741. The van der Waals surface area contributed by atoms with Crippen molar-refractivity contribution in [3.05, 3.63) is 12.7 Å². The van der Waals surface area contributed by atoms with E-state index in [0.29, 0.717) is 0 Å². The van der Waals surface area contributed by atoms with Gasteiger partial charge in [0.15, 0.2) is 0 Å². The molecule has 0 saturated carbocycles. The van der Waals surface area contributed by atoms with Gasteiger partial charge in [-0.05, 0) is 0 Å². The summed E-state index contributed by atoms with van der Waals surface area (Å²) in [6.45, 7) is 3.16. The van der Waals surface area contributed by atoms with Gasteiger partial charge in [-0.2, -0.15) is 0 Å². The van der Waals surface area contributed by atoms with Crippen LogP contribution in [0.1, 0.15) is 0 Å². The summed E-state index contributed by atoms with van der Waals surface area (Å²) in [5.74, 6) is -0.475. The predicted octanol–water partition coefficient (Wildman–Crippen LogP) is -0.618. The van der Waals surface area contributed by atoms with Crippen LogP contribution in [0.4, 0.5) is 0 Å². The van der Waals surface area contributed by atoms with Crippen molar-refractivity contribution < 1.29 is 15.3 Å². The van der Waals surface area contributed by atoms with Crippen LogP contribution in [0.3, 0.4) is 0 Å². The Hall–Kier alpha value is -0.380. The molecule has 0 aromatic heterocycles. The van der Waals surface area contributed by atoms with Crippen molar-refractivity contribution >= 4 is 0 Å². The Morgan fingerprint density at radius 1 is 1.10 bits per heavy atom. The van der Waals surface area contributed by atoms with Crippen molar-refractivity contribution in [3.63, 3.8) is 0 Å². The van der Waals surface area contributed by atoms with E-state index in [1.54, 1.807) is 0 Å². The normalized spacial score (nSPS) is 13.6. The summed E-state index contributed by atoms with van der Waals surface area (Å²) in [5, 5.41) is 25.9. The lowest BCUT2D eigenvalue weighted by Crippen LogP contribution is -2.23. The fourth-order valence-corrected chi connectivity index (χ4v) is 0.745. The monoisotopic (exact) mass is 146 g/mol. The standard InChI is InChI=1S/C7H14O3/c1-2-6(3-8)7(4-9)5-10/h2,6-10H,1,3-5H2. The minimum Gasteiger partial charge on any atom is -0.396 e. The molecule has 10 heavy (non-hydrogen) atoms. The van der Waals surface area contributed by atoms with Gasteiger partial charge in [-0.15, -0.1) is 6.58 Å². The van der Waals surface area contributed by atoms with Crippen molar-refractivity contribution in [3.8, 4) is 0 Å². The van der Waals surface area contributed by atoms with Crippen LogP contribution in [0.5, 0.6) is 0 Å². The molecule has 0 saturated heterocycles. The molecule has 1 atom stereocenters. The van der Waals surface area contributed by atoms with E-state index in [1.807, 2.05) is 0 Å². The lowest BCUT2D eigenvalue weighted by atomic mass is 9.95. The Labute approximate surface area is 60.6 Å². The van der Waals surface area contributed by atoms with Crippen LogP contribution in [0.15, 0.2) is 12.7 Å². The second-order valence-corrected chi connectivity index (χ2v) is 2.21. The molecule has 0 fully saturated rings. The van der Waals surface area contributed by atoms with E-state index in [4.69, 9.17) is 15.3 Å². The first-order valence-electron chi connectivity index (χ1n) is 3.25. The third-order valence-electron chi connectivity index (χ3n) is 1.59. The molecule has 0 amide bonds. The number of aliphatic hydroxyl groups excluding tert-OH is 3. The molecule has 0 aliphatic heterocycles. The zero-order valence-electron chi connectivity index (χ0n) is 5.90. The van der Waals surface area contributed by atoms with Crippen LogP contribution in [0.25, 0.3) is 0 Å². The van der Waals surface area contributed by atoms with E-state index in [2.05, 4.69) is 6.58 Å². The molecule has 0 bridgehead atoms. The van der Waals surface area contributed by atoms with E-state index >= 15 is 0 Å². The molecule has 0 radical (unpaired) electrons. The first-order valence-corrected chi connectivity index (χ1v) is 3.25. The van der Waals surface area contributed by atoms with Crippen LogP contribution in [-0.2, 0) is 0 Å². The largest absolute Gasteiger partial charge is 0.396 e. The highest BCUT2D eigenvalue weighted by Crippen LogP contribution is 2.10. The summed E-state index contributed by atoms with van der Waals surface area (Å²) in [6.07, 6.45) is 1.54. The van der Waals surface area contributed by atoms with Gasteiger partial charge in [0.2, 0.25) is 0 Å². The average molecular weight is 146 g/mol. The van der Waals surface area contributed by atoms with Gasteiger partial charge in [0.1, 0.15) is 0 Å². The summed E-state index contributed by atoms with van der Waals surface area (Å²) >= 11 is 0. The summed E-state index contributed by atoms with van der Waals surface area (Å²) in [6, 6.07) is 0. The lowest BCUT2D eigenvalue weighted by molar-refractivity contribution is 0.0935. The molecular weight excluding hydrogens is 132 g/mol. The molecule has 60 valence electrons. The van der Waals surface area contributed by atoms with Gasteiger partial charge in [0, 0.05) is 31.7 Å². The lowest BCUT2D eigenvalue weighted by Gasteiger charge is -2.17. The highest BCUT2D eigenvalue weighted by atomic mass is 16.3. The molecule has 0 aromatic carbocycles. The summed E-state index contributed by atoms with van der Waals surface area (Å²) < 4.78 is 0. The van der Waals surface area contributed by atoms with Crippen LogP contribution >= 0.6 is 0 Å². The molecule has 3 nitrogen and oxygen atoms in total. The van der Waals surface area contributed by atoms with Gasteiger partial charge < -0.3 is 15.3 Å². The number of rotatable bonds is 5. The Balaban J connectivity index is 3.81. The molecule has 0 aliphatic carbocycles. The van der Waals surface area contributed by atoms with Gasteiger partial charge in [-0.3, -0.25) is 0 Å². The van der Waals surface area contributed by atoms with Gasteiger partial charge in [0.25, 0.3) is 0 Å². The maximum Gasteiger partial charge on any atom is 0.0498 e. The maximum atomic E-state index is 8.67. The van der Waals surface area contributed by atoms with Crippen LogP contribution in [-0.4, -0.2) is 35.1 Å². The van der Waals surface area contributed by atoms with Crippen LogP contribution in [0, 0.1) is 11.8 Å². The van der Waals surface area contributed by atoms with Crippen molar-refractivity contribution in [2.24, 2.45) is 11.8 Å². The van der Waals surface area contributed by atoms with Crippen molar-refractivity contribution in [2.45, 2.75) is 0 Å². The SMILES string of the molecule is C=CC(CO)C(CO)CO. The first-order chi connectivity index (χ1) is 4.79. The van der Waals surface area contributed by atoms with E-state index < -0.39 is 0 Å². The zero-order valence-corrected chi connectivity index (χ0v) is 5.90.